The van der Waals surface area contributed by atoms with Crippen LogP contribution in [0.3, 0.4) is 0 Å². The van der Waals surface area contributed by atoms with Gasteiger partial charge in [0.1, 0.15) is 47.6 Å². The number of halogens is 4. The summed E-state index contributed by atoms with van der Waals surface area (Å²) in [6.07, 6.45) is 0.167. The van der Waals surface area contributed by atoms with Crippen LogP contribution in [0.15, 0.2) is 12.1 Å². The Labute approximate surface area is 283 Å². The fourth-order valence-corrected chi connectivity index (χ4v) is 9.11. The number of hydrogen-bond donors (Lipinski definition) is 3. The summed E-state index contributed by atoms with van der Waals surface area (Å²) < 4.78 is 59.5. The van der Waals surface area contributed by atoms with E-state index >= 15 is 8.78 Å². The van der Waals surface area contributed by atoms with E-state index in [4.69, 9.17) is 31.8 Å². The average molecular weight is 700 g/mol. The molecule has 0 bridgehead atoms. The molecule has 252 valence electrons. The number of anilines is 2. The molecule has 4 aliphatic heterocycles. The van der Waals surface area contributed by atoms with Gasteiger partial charge in [0, 0.05) is 49.5 Å². The Hall–Kier alpha value is -3.61. The number of hydrogen-bond acceptors (Lipinski definition) is 11. The van der Waals surface area contributed by atoms with Crippen LogP contribution in [0.25, 0.3) is 32.1 Å². The number of nitrogens with two attached hydrogens (primary N) is 1. The molecule has 2 aromatic heterocycles. The van der Waals surface area contributed by atoms with E-state index in [0.29, 0.717) is 25.3 Å². The summed E-state index contributed by atoms with van der Waals surface area (Å²) in [5.74, 6) is -0.829. The van der Waals surface area contributed by atoms with Crippen molar-refractivity contribution in [3.8, 4) is 29.0 Å². The third kappa shape index (κ3) is 4.85. The molecule has 3 saturated heterocycles. The molecule has 10 nitrogen and oxygen atoms in total. The van der Waals surface area contributed by atoms with E-state index in [1.807, 2.05) is 11.0 Å². The first-order valence-corrected chi connectivity index (χ1v) is 17.2. The Morgan fingerprint density at radius 2 is 2.12 bits per heavy atom. The maximum absolute atomic E-state index is 17.2. The number of aliphatic hydroxyl groups excluding tert-OH is 1. The van der Waals surface area contributed by atoms with E-state index in [9.17, 15) is 14.8 Å². The third-order valence-electron chi connectivity index (χ3n) is 10.3. The molecule has 3 fully saturated rings. The average Bonchev–Trinajstić information content (AvgIpc) is 3.64. The molecular formula is C33H33ClF3N7O3S. The monoisotopic (exact) mass is 699 g/mol. The van der Waals surface area contributed by atoms with Gasteiger partial charge in [-0.25, -0.2) is 13.2 Å². The normalized spacial score (nSPS) is 24.7. The van der Waals surface area contributed by atoms with Crippen LogP contribution in [0.2, 0.25) is 5.02 Å². The van der Waals surface area contributed by atoms with Crippen LogP contribution in [0.5, 0.6) is 11.8 Å². The quantitative estimate of drug-likeness (QED) is 0.242. The predicted molar refractivity (Wildman–Crippen MR) is 178 cm³/mol. The number of thiophene rings is 1. The van der Waals surface area contributed by atoms with Crippen LogP contribution in [0, 0.1) is 28.9 Å². The number of aliphatic hydroxyl groups is 1. The second-order valence-corrected chi connectivity index (χ2v) is 14.7. The number of rotatable bonds is 7. The van der Waals surface area contributed by atoms with Crippen molar-refractivity contribution in [2.45, 2.75) is 50.0 Å². The number of benzene rings is 2. The Morgan fingerprint density at radius 3 is 2.85 bits per heavy atom. The molecule has 0 saturated carbocycles. The number of alkyl halides is 1. The van der Waals surface area contributed by atoms with Crippen molar-refractivity contribution >= 4 is 54.7 Å². The minimum atomic E-state index is -0.965. The Bertz CT molecular complexity index is 2000. The van der Waals surface area contributed by atoms with Gasteiger partial charge in [-0.15, -0.1) is 11.3 Å². The van der Waals surface area contributed by atoms with Crippen LogP contribution >= 0.6 is 22.9 Å². The third-order valence-corrected chi connectivity index (χ3v) is 11.7. The first-order chi connectivity index (χ1) is 23.1. The summed E-state index contributed by atoms with van der Waals surface area (Å²) in [5.41, 5.74) is 5.46. The second-order valence-electron chi connectivity index (χ2n) is 13.3. The highest BCUT2D eigenvalue weighted by atomic mass is 35.5. The number of nitrogen functional groups attached to an aromatic ring is 1. The first-order valence-electron chi connectivity index (χ1n) is 16.0. The molecule has 0 radical (unpaired) electrons. The maximum Gasteiger partial charge on any atom is 0.319 e. The minimum absolute atomic E-state index is 0.00606. The topological polar surface area (TPSA) is 133 Å². The lowest BCUT2D eigenvalue weighted by atomic mass is 9.95. The van der Waals surface area contributed by atoms with Crippen LogP contribution in [-0.2, 0) is 0 Å². The molecule has 4 N–H and O–H groups in total. The molecule has 6 heterocycles. The van der Waals surface area contributed by atoms with Crippen molar-refractivity contribution in [3.05, 3.63) is 34.4 Å². The molecule has 8 rings (SSSR count). The minimum Gasteiger partial charge on any atom is -0.489 e. The Balaban J connectivity index is 1.35. The van der Waals surface area contributed by atoms with Gasteiger partial charge in [0.05, 0.1) is 38.4 Å². The molecule has 2 unspecified atom stereocenters. The van der Waals surface area contributed by atoms with Gasteiger partial charge in [-0.3, -0.25) is 4.90 Å². The van der Waals surface area contributed by atoms with Gasteiger partial charge >= 0.3 is 6.01 Å². The van der Waals surface area contributed by atoms with E-state index in [1.54, 1.807) is 6.92 Å². The molecule has 0 amide bonds. The summed E-state index contributed by atoms with van der Waals surface area (Å²) in [6, 6.07) is 3.87. The van der Waals surface area contributed by atoms with Gasteiger partial charge in [-0.1, -0.05) is 17.7 Å². The van der Waals surface area contributed by atoms with E-state index in [-0.39, 0.29) is 78.6 Å². The van der Waals surface area contributed by atoms with Gasteiger partial charge in [0.2, 0.25) is 0 Å². The first kappa shape index (κ1) is 31.6. The molecule has 4 aromatic rings. The highest BCUT2D eigenvalue weighted by molar-refractivity contribution is 7.23. The second kappa shape index (κ2) is 11.8. The SMILES string of the molecule is CC(O)C1COc2c(Cl)c(-c3ccc(F)c4sc(N)c(C#N)c34)c(F)c3nc(OC[C@@]45CCCN4C[C@H](F)C5)nc(c23)N1CC1CNC1. The van der Waals surface area contributed by atoms with E-state index in [0.717, 1.165) is 43.8 Å². The van der Waals surface area contributed by atoms with Crippen molar-refractivity contribution in [2.75, 3.05) is 56.6 Å². The van der Waals surface area contributed by atoms with Gasteiger partial charge in [0.25, 0.3) is 0 Å². The summed E-state index contributed by atoms with van der Waals surface area (Å²) in [4.78, 5) is 13.4. The highest BCUT2D eigenvalue weighted by Crippen LogP contribution is 2.51. The van der Waals surface area contributed by atoms with Crippen LogP contribution in [0.1, 0.15) is 31.7 Å². The van der Waals surface area contributed by atoms with Crippen molar-refractivity contribution < 1.29 is 27.8 Å². The Kier molecular flexibility index (Phi) is 7.76. The molecule has 0 aliphatic carbocycles. The fourth-order valence-electron chi connectivity index (χ4n) is 7.83. The van der Waals surface area contributed by atoms with E-state index in [2.05, 4.69) is 15.2 Å². The number of aromatic nitrogens is 2. The summed E-state index contributed by atoms with van der Waals surface area (Å²) in [5, 5.41) is 24.5. The van der Waals surface area contributed by atoms with E-state index in [1.165, 1.54) is 12.1 Å². The van der Waals surface area contributed by atoms with Gasteiger partial charge in [-0.05, 0) is 37.9 Å². The van der Waals surface area contributed by atoms with Gasteiger partial charge < -0.3 is 30.5 Å². The number of ether oxygens (including phenoxy) is 2. The molecule has 0 spiro atoms. The number of nitrogens with zero attached hydrogens (tertiary/aromatic N) is 5. The number of nitriles is 1. The lowest BCUT2D eigenvalue weighted by Gasteiger charge is -2.38. The lowest BCUT2D eigenvalue weighted by molar-refractivity contribution is 0.107. The van der Waals surface area contributed by atoms with Crippen molar-refractivity contribution in [1.82, 2.24) is 20.2 Å². The predicted octanol–water partition coefficient (Wildman–Crippen LogP) is 5.02. The fraction of sp³-hybridized carbons (Fsp3) is 0.485. The van der Waals surface area contributed by atoms with Crippen LogP contribution in [-0.4, -0.2) is 89.8 Å². The smallest absolute Gasteiger partial charge is 0.319 e. The lowest BCUT2D eigenvalue weighted by Crippen LogP contribution is -2.54. The molecule has 48 heavy (non-hydrogen) atoms. The largest absolute Gasteiger partial charge is 0.489 e. The highest BCUT2D eigenvalue weighted by Gasteiger charge is 2.49. The zero-order chi connectivity index (χ0) is 33.5. The molecule has 4 aliphatic rings. The number of fused-ring (bicyclic) bond motifs is 2. The maximum atomic E-state index is 17.2. The summed E-state index contributed by atoms with van der Waals surface area (Å²) >= 11 is 7.93. The zero-order valence-electron chi connectivity index (χ0n) is 26.0. The molecule has 15 heteroatoms. The molecular weight excluding hydrogens is 667 g/mol. The summed E-state index contributed by atoms with van der Waals surface area (Å²) in [7, 11) is 0. The summed E-state index contributed by atoms with van der Waals surface area (Å²) in [6.45, 7) is 4.88. The molecule has 2 aromatic carbocycles. The standard InChI is InChI=1S/C33H33ClF3N7O3S/c1-15(45)21-13-46-28-24-27(26(37)23(25(28)34)18-3-4-20(36)29-22(18)19(8-38)30(39)48-29)41-32(42-31(24)44(21)11-16-9-40-10-16)47-14-33-5-2-6-43(33)12-17(35)7-33/h3-4,15-17,21,40,45H,2,5-7,9-14,39H2,1H3/t15?,17-,21?,33+/m1/s1. The van der Waals surface area contributed by atoms with Crippen LogP contribution < -0.4 is 25.4 Å². The molecule has 4 atom stereocenters. The van der Waals surface area contributed by atoms with Crippen molar-refractivity contribution in [2.24, 2.45) is 5.92 Å². The van der Waals surface area contributed by atoms with Crippen molar-refractivity contribution in [1.29, 1.82) is 5.26 Å². The zero-order valence-corrected chi connectivity index (χ0v) is 27.6. The van der Waals surface area contributed by atoms with E-state index < -0.39 is 35.5 Å². The van der Waals surface area contributed by atoms with Gasteiger partial charge in [-0.2, -0.15) is 15.2 Å². The van der Waals surface area contributed by atoms with Gasteiger partial charge in [0.15, 0.2) is 11.6 Å². The number of nitrogens with one attached hydrogen (secondary N) is 1. The van der Waals surface area contributed by atoms with Crippen LogP contribution in [0.4, 0.5) is 24.0 Å². The van der Waals surface area contributed by atoms with Crippen molar-refractivity contribution in [3.63, 3.8) is 0 Å². The Morgan fingerprint density at radius 1 is 1.31 bits per heavy atom.